The van der Waals surface area contributed by atoms with Crippen LogP contribution in [-0.2, 0) is 19.3 Å². The van der Waals surface area contributed by atoms with E-state index in [9.17, 15) is 18.0 Å². The second-order valence-corrected chi connectivity index (χ2v) is 6.77. The average Bonchev–Trinajstić information content (AvgIpc) is 3.25. The summed E-state index contributed by atoms with van der Waals surface area (Å²) in [7, 11) is 0. The SMILES string of the molecule is Cc1ccc(-c2nnc3n2CCN(C(=O)c2cccc(C(F)(F)F)c2Cl)C3)o1. The molecular formula is C18H14ClF3N4O2. The maximum Gasteiger partial charge on any atom is 0.417 e. The van der Waals surface area contributed by atoms with Gasteiger partial charge in [-0.1, -0.05) is 17.7 Å². The molecule has 10 heteroatoms. The highest BCUT2D eigenvalue weighted by Crippen LogP contribution is 2.36. The van der Waals surface area contributed by atoms with Crippen LogP contribution in [0.4, 0.5) is 13.2 Å². The number of nitrogens with zero attached hydrogens (tertiary/aromatic N) is 4. The lowest BCUT2D eigenvalue weighted by Crippen LogP contribution is -2.38. The zero-order valence-corrected chi connectivity index (χ0v) is 15.4. The largest absolute Gasteiger partial charge is 0.458 e. The van der Waals surface area contributed by atoms with E-state index in [2.05, 4.69) is 10.2 Å². The number of hydrogen-bond donors (Lipinski definition) is 0. The molecule has 0 unspecified atom stereocenters. The van der Waals surface area contributed by atoms with Gasteiger partial charge in [0.1, 0.15) is 5.76 Å². The summed E-state index contributed by atoms with van der Waals surface area (Å²) in [4.78, 5) is 14.2. The normalized spacial score (nSPS) is 14.2. The molecule has 3 aromatic rings. The van der Waals surface area contributed by atoms with E-state index in [-0.39, 0.29) is 18.7 Å². The number of fused-ring (bicyclic) bond motifs is 1. The lowest BCUT2D eigenvalue weighted by atomic mass is 10.1. The van der Waals surface area contributed by atoms with E-state index >= 15 is 0 Å². The molecule has 0 spiro atoms. The number of aromatic nitrogens is 3. The fourth-order valence-corrected chi connectivity index (χ4v) is 3.47. The fourth-order valence-electron chi connectivity index (χ4n) is 3.15. The van der Waals surface area contributed by atoms with E-state index in [0.29, 0.717) is 24.0 Å². The topological polar surface area (TPSA) is 64.2 Å². The summed E-state index contributed by atoms with van der Waals surface area (Å²) < 4.78 is 46.6. The van der Waals surface area contributed by atoms with Gasteiger partial charge in [0.2, 0.25) is 0 Å². The molecule has 3 heterocycles. The fraction of sp³-hybridized carbons (Fsp3) is 0.278. The van der Waals surface area contributed by atoms with Gasteiger partial charge in [0, 0.05) is 13.1 Å². The summed E-state index contributed by atoms with van der Waals surface area (Å²) in [5.41, 5.74) is -1.22. The molecule has 2 aromatic heterocycles. The van der Waals surface area contributed by atoms with Crippen molar-refractivity contribution in [2.45, 2.75) is 26.2 Å². The molecular weight excluding hydrogens is 397 g/mol. The van der Waals surface area contributed by atoms with Gasteiger partial charge < -0.3 is 13.9 Å². The first kappa shape index (κ1) is 18.5. The molecule has 0 radical (unpaired) electrons. The van der Waals surface area contributed by atoms with E-state index in [4.69, 9.17) is 16.0 Å². The van der Waals surface area contributed by atoms with Crippen molar-refractivity contribution < 1.29 is 22.4 Å². The molecule has 4 rings (SSSR count). The van der Waals surface area contributed by atoms with Gasteiger partial charge in [-0.25, -0.2) is 0 Å². The molecule has 1 aliphatic heterocycles. The number of halogens is 4. The van der Waals surface area contributed by atoms with Crippen LogP contribution in [-0.4, -0.2) is 32.1 Å². The molecule has 0 bridgehead atoms. The van der Waals surface area contributed by atoms with Crippen LogP contribution in [0.2, 0.25) is 5.02 Å². The second kappa shape index (κ2) is 6.66. The Labute approximate surface area is 162 Å². The quantitative estimate of drug-likeness (QED) is 0.636. The van der Waals surface area contributed by atoms with E-state index < -0.39 is 22.7 Å². The number of alkyl halides is 3. The number of carbonyl (C=O) groups is 1. The van der Waals surface area contributed by atoms with Crippen LogP contribution < -0.4 is 0 Å². The molecule has 0 saturated carbocycles. The van der Waals surface area contributed by atoms with Crippen molar-refractivity contribution in [1.29, 1.82) is 0 Å². The van der Waals surface area contributed by atoms with Crippen molar-refractivity contribution >= 4 is 17.5 Å². The summed E-state index contributed by atoms with van der Waals surface area (Å²) in [6.45, 7) is 2.59. The third kappa shape index (κ3) is 3.15. The van der Waals surface area contributed by atoms with Gasteiger partial charge in [0.25, 0.3) is 5.91 Å². The Balaban J connectivity index is 1.61. The number of aryl methyl sites for hydroxylation is 1. The van der Waals surface area contributed by atoms with Crippen LogP contribution in [0.5, 0.6) is 0 Å². The number of rotatable bonds is 2. The zero-order valence-electron chi connectivity index (χ0n) is 14.6. The molecule has 146 valence electrons. The molecule has 0 aliphatic carbocycles. The first-order valence-electron chi connectivity index (χ1n) is 8.39. The Morgan fingerprint density at radius 2 is 1.96 bits per heavy atom. The summed E-state index contributed by atoms with van der Waals surface area (Å²) in [5, 5.41) is 7.61. The maximum atomic E-state index is 13.1. The van der Waals surface area contributed by atoms with Crippen molar-refractivity contribution in [2.24, 2.45) is 0 Å². The molecule has 28 heavy (non-hydrogen) atoms. The van der Waals surface area contributed by atoms with Crippen LogP contribution >= 0.6 is 11.6 Å². The van der Waals surface area contributed by atoms with Crippen molar-refractivity contribution in [3.05, 3.63) is 58.1 Å². The van der Waals surface area contributed by atoms with Gasteiger partial charge in [-0.3, -0.25) is 4.79 Å². The number of carbonyl (C=O) groups excluding carboxylic acids is 1. The molecule has 0 saturated heterocycles. The third-order valence-electron chi connectivity index (χ3n) is 4.54. The van der Waals surface area contributed by atoms with Gasteiger partial charge in [0.15, 0.2) is 17.4 Å². The van der Waals surface area contributed by atoms with Gasteiger partial charge in [0.05, 0.1) is 22.7 Å². The van der Waals surface area contributed by atoms with Gasteiger partial charge in [-0.05, 0) is 31.2 Å². The van der Waals surface area contributed by atoms with Gasteiger partial charge >= 0.3 is 6.18 Å². The minimum atomic E-state index is -4.63. The van der Waals surface area contributed by atoms with E-state index in [1.165, 1.54) is 17.0 Å². The minimum absolute atomic E-state index is 0.109. The summed E-state index contributed by atoms with van der Waals surface area (Å²) in [6.07, 6.45) is -4.63. The molecule has 0 atom stereocenters. The van der Waals surface area contributed by atoms with E-state index in [0.717, 1.165) is 11.8 Å². The van der Waals surface area contributed by atoms with Gasteiger partial charge in [-0.2, -0.15) is 13.2 Å². The highest BCUT2D eigenvalue weighted by atomic mass is 35.5. The molecule has 0 N–H and O–H groups in total. The predicted molar refractivity (Wildman–Crippen MR) is 93.7 cm³/mol. The summed E-state index contributed by atoms with van der Waals surface area (Å²) in [6, 6.07) is 6.91. The van der Waals surface area contributed by atoms with Crippen molar-refractivity contribution in [3.8, 4) is 11.6 Å². The maximum absolute atomic E-state index is 13.1. The van der Waals surface area contributed by atoms with Crippen LogP contribution in [0.1, 0.15) is 27.5 Å². The Kier molecular flexibility index (Phi) is 4.41. The summed E-state index contributed by atoms with van der Waals surface area (Å²) >= 11 is 5.88. The molecule has 0 fully saturated rings. The van der Waals surface area contributed by atoms with E-state index in [1.54, 1.807) is 6.07 Å². The molecule has 6 nitrogen and oxygen atoms in total. The van der Waals surface area contributed by atoms with Crippen molar-refractivity contribution in [3.63, 3.8) is 0 Å². The highest BCUT2D eigenvalue weighted by molar-refractivity contribution is 6.34. The lowest BCUT2D eigenvalue weighted by Gasteiger charge is -2.28. The second-order valence-electron chi connectivity index (χ2n) is 6.39. The predicted octanol–water partition coefficient (Wildman–Crippen LogP) is 4.17. The molecule has 1 aliphatic rings. The Morgan fingerprint density at radius 1 is 1.18 bits per heavy atom. The van der Waals surface area contributed by atoms with E-state index in [1.807, 2.05) is 17.6 Å². The van der Waals surface area contributed by atoms with Crippen LogP contribution in [0, 0.1) is 6.92 Å². The Hall–Kier alpha value is -2.81. The standard InChI is InChI=1S/C18H14ClF3N4O2/c1-10-5-6-13(28-10)16-24-23-14-9-25(7-8-26(14)16)17(27)11-3-2-4-12(15(11)19)18(20,21)22/h2-6H,7-9H2,1H3. The zero-order chi connectivity index (χ0) is 20.1. The average molecular weight is 411 g/mol. The highest BCUT2D eigenvalue weighted by Gasteiger charge is 2.36. The monoisotopic (exact) mass is 410 g/mol. The number of furan rings is 1. The van der Waals surface area contributed by atoms with Gasteiger partial charge in [-0.15, -0.1) is 10.2 Å². The molecule has 1 aromatic carbocycles. The number of hydrogen-bond acceptors (Lipinski definition) is 4. The summed E-state index contributed by atoms with van der Waals surface area (Å²) in [5.74, 6) is 1.79. The smallest absolute Gasteiger partial charge is 0.417 e. The van der Waals surface area contributed by atoms with Crippen molar-refractivity contribution in [2.75, 3.05) is 6.54 Å². The Bertz CT molecular complexity index is 1060. The minimum Gasteiger partial charge on any atom is -0.458 e. The number of benzene rings is 1. The lowest BCUT2D eigenvalue weighted by molar-refractivity contribution is -0.137. The first-order valence-corrected chi connectivity index (χ1v) is 8.77. The van der Waals surface area contributed by atoms with Crippen molar-refractivity contribution in [1.82, 2.24) is 19.7 Å². The molecule has 1 amide bonds. The van der Waals surface area contributed by atoms with Crippen LogP contribution in [0.15, 0.2) is 34.7 Å². The first-order chi connectivity index (χ1) is 13.3. The Morgan fingerprint density at radius 3 is 2.64 bits per heavy atom. The van der Waals surface area contributed by atoms with Crippen LogP contribution in [0.3, 0.4) is 0 Å². The third-order valence-corrected chi connectivity index (χ3v) is 4.94. The number of amides is 1. The van der Waals surface area contributed by atoms with Crippen LogP contribution in [0.25, 0.3) is 11.6 Å².